The van der Waals surface area contributed by atoms with Gasteiger partial charge in [0.1, 0.15) is 6.54 Å². The van der Waals surface area contributed by atoms with E-state index in [0.717, 1.165) is 31.9 Å². The molecule has 1 saturated heterocycles. The van der Waals surface area contributed by atoms with Gasteiger partial charge in [-0.05, 0) is 25.0 Å². The first-order valence-corrected chi connectivity index (χ1v) is 9.76. The summed E-state index contributed by atoms with van der Waals surface area (Å²) in [6, 6.07) is 7.76. The lowest BCUT2D eigenvalue weighted by molar-refractivity contribution is -0.118. The number of aryl methyl sites for hydroxylation is 1. The Morgan fingerprint density at radius 2 is 1.93 bits per heavy atom. The van der Waals surface area contributed by atoms with E-state index in [4.69, 9.17) is 4.74 Å². The summed E-state index contributed by atoms with van der Waals surface area (Å²) in [5, 5.41) is 4.35. The van der Waals surface area contributed by atoms with E-state index in [2.05, 4.69) is 34.5 Å². The number of aliphatic imine (C=N–C) groups is 1. The molecule has 2 aliphatic heterocycles. The highest BCUT2D eigenvalue weighted by molar-refractivity contribution is 6.39. The first-order chi connectivity index (χ1) is 13.5. The van der Waals surface area contributed by atoms with Gasteiger partial charge in [-0.1, -0.05) is 31.5 Å². The fraction of sp³-hybridized carbons (Fsp3) is 0.550. The van der Waals surface area contributed by atoms with Crippen LogP contribution in [0.25, 0.3) is 0 Å². The number of nitrogens with zero attached hydrogens (tertiary/aromatic N) is 3. The van der Waals surface area contributed by atoms with Crippen LogP contribution in [0.4, 0.5) is 5.69 Å². The van der Waals surface area contributed by atoms with Crippen molar-refractivity contribution in [3.63, 3.8) is 0 Å². The summed E-state index contributed by atoms with van der Waals surface area (Å²) in [5.74, 6) is 0.0484. The summed E-state index contributed by atoms with van der Waals surface area (Å²) in [6.07, 6.45) is 0. The van der Waals surface area contributed by atoms with Gasteiger partial charge in [0.2, 0.25) is 5.84 Å². The summed E-state index contributed by atoms with van der Waals surface area (Å²) >= 11 is 0. The lowest BCUT2D eigenvalue weighted by Crippen LogP contribution is -2.57. The van der Waals surface area contributed by atoms with Crippen LogP contribution in [-0.2, 0) is 14.3 Å². The fourth-order valence-electron chi connectivity index (χ4n) is 3.42. The van der Waals surface area contributed by atoms with E-state index in [9.17, 15) is 9.59 Å². The summed E-state index contributed by atoms with van der Waals surface area (Å²) in [5.41, 5.74) is 4.64. The molecule has 1 unspecified atom stereocenters. The summed E-state index contributed by atoms with van der Waals surface area (Å²) in [6.45, 7) is 9.94. The van der Waals surface area contributed by atoms with Gasteiger partial charge in [0.25, 0.3) is 11.8 Å². The van der Waals surface area contributed by atoms with E-state index in [1.54, 1.807) is 0 Å². The largest absolute Gasteiger partial charge is 0.379 e. The second-order valence-electron chi connectivity index (χ2n) is 7.51. The first kappa shape index (κ1) is 20.3. The minimum absolute atomic E-state index is 0.0549. The monoisotopic (exact) mass is 387 g/mol. The molecule has 0 bridgehead atoms. The number of hydrazine groups is 1. The number of rotatable bonds is 6. The van der Waals surface area contributed by atoms with Gasteiger partial charge >= 0.3 is 0 Å². The molecule has 1 fully saturated rings. The molecule has 8 nitrogen and oxygen atoms in total. The predicted molar refractivity (Wildman–Crippen MR) is 108 cm³/mol. The van der Waals surface area contributed by atoms with Gasteiger partial charge in [0.05, 0.1) is 18.9 Å². The van der Waals surface area contributed by atoms with Gasteiger partial charge in [0.15, 0.2) is 0 Å². The summed E-state index contributed by atoms with van der Waals surface area (Å²) in [4.78, 5) is 31.3. The molecule has 0 saturated carbocycles. The highest BCUT2D eigenvalue weighted by Crippen LogP contribution is 2.15. The van der Waals surface area contributed by atoms with Crippen molar-refractivity contribution in [2.75, 3.05) is 44.4 Å². The molecule has 0 spiro atoms. The Hall–Kier alpha value is -2.45. The number of carbonyl (C=O) groups is 2. The zero-order chi connectivity index (χ0) is 20.1. The molecule has 28 heavy (non-hydrogen) atoms. The number of ether oxygens (including phenoxy) is 1. The molecular formula is C20H29N5O3. The van der Waals surface area contributed by atoms with Gasteiger partial charge in [-0.25, -0.2) is 5.01 Å². The minimum Gasteiger partial charge on any atom is -0.379 e. The molecule has 3 rings (SSSR count). The Balaban J connectivity index is 1.61. The van der Waals surface area contributed by atoms with Crippen molar-refractivity contribution in [3.05, 3.63) is 29.8 Å². The van der Waals surface area contributed by atoms with E-state index in [-0.39, 0.29) is 30.2 Å². The molecule has 1 atom stereocenters. The maximum Gasteiger partial charge on any atom is 0.288 e. The quantitative estimate of drug-likeness (QED) is 0.751. The molecule has 1 aromatic carbocycles. The molecule has 2 N–H and O–H groups in total. The number of nitrogens with one attached hydrogen (secondary N) is 2. The van der Waals surface area contributed by atoms with Crippen LogP contribution in [0.5, 0.6) is 0 Å². The third-order valence-electron chi connectivity index (χ3n) is 5.10. The van der Waals surface area contributed by atoms with E-state index in [1.165, 1.54) is 5.01 Å². The van der Waals surface area contributed by atoms with E-state index in [1.807, 2.05) is 31.2 Å². The average molecular weight is 387 g/mol. The Morgan fingerprint density at radius 3 is 2.57 bits per heavy atom. The van der Waals surface area contributed by atoms with E-state index >= 15 is 0 Å². The van der Waals surface area contributed by atoms with E-state index < -0.39 is 0 Å². The van der Waals surface area contributed by atoms with Crippen molar-refractivity contribution in [3.8, 4) is 0 Å². The molecular weight excluding hydrogens is 358 g/mol. The van der Waals surface area contributed by atoms with Crippen LogP contribution in [0.3, 0.4) is 0 Å². The van der Waals surface area contributed by atoms with Crippen LogP contribution in [0.1, 0.15) is 19.4 Å². The third-order valence-corrected chi connectivity index (χ3v) is 5.10. The molecule has 8 heteroatoms. The molecule has 2 aliphatic rings. The number of anilines is 1. The van der Waals surface area contributed by atoms with Crippen LogP contribution in [0.2, 0.25) is 0 Å². The number of amides is 2. The minimum atomic E-state index is -0.302. The molecule has 0 aliphatic carbocycles. The highest BCUT2D eigenvalue weighted by atomic mass is 16.5. The van der Waals surface area contributed by atoms with Crippen LogP contribution < -0.4 is 15.8 Å². The molecule has 2 amide bonds. The number of carbonyl (C=O) groups excluding carboxylic acids is 2. The topological polar surface area (TPSA) is 86.3 Å². The van der Waals surface area contributed by atoms with Gasteiger partial charge in [-0.2, -0.15) is 0 Å². The van der Waals surface area contributed by atoms with Crippen molar-refractivity contribution in [2.45, 2.75) is 26.8 Å². The van der Waals surface area contributed by atoms with Crippen molar-refractivity contribution >= 4 is 23.3 Å². The van der Waals surface area contributed by atoms with Crippen LogP contribution in [-0.4, -0.2) is 68.0 Å². The van der Waals surface area contributed by atoms with Crippen molar-refractivity contribution in [1.82, 2.24) is 15.6 Å². The third kappa shape index (κ3) is 4.88. The SMILES string of the molecule is Cc1ccc(N2NC(C(=O)NCC(C(C)C)N3CCOCC3)=NCC2=O)cc1. The maximum absolute atomic E-state index is 12.7. The number of hydrogen-bond acceptors (Lipinski definition) is 6. The molecule has 1 aromatic rings. The second-order valence-corrected chi connectivity index (χ2v) is 7.51. The molecule has 0 aromatic heterocycles. The van der Waals surface area contributed by atoms with Crippen LogP contribution >= 0.6 is 0 Å². The zero-order valence-corrected chi connectivity index (χ0v) is 16.8. The van der Waals surface area contributed by atoms with Crippen LogP contribution in [0, 0.1) is 12.8 Å². The van der Waals surface area contributed by atoms with E-state index in [0.29, 0.717) is 18.2 Å². The van der Waals surface area contributed by atoms with Crippen molar-refractivity contribution in [2.24, 2.45) is 10.9 Å². The smallest absolute Gasteiger partial charge is 0.288 e. The first-order valence-electron chi connectivity index (χ1n) is 9.76. The Labute approximate surface area is 165 Å². The summed E-state index contributed by atoms with van der Waals surface area (Å²) < 4.78 is 5.43. The number of amidine groups is 1. The van der Waals surface area contributed by atoms with Crippen LogP contribution in [0.15, 0.2) is 29.3 Å². The number of hydrogen-bond donors (Lipinski definition) is 2. The van der Waals surface area contributed by atoms with Gasteiger partial charge in [0, 0.05) is 25.7 Å². The maximum atomic E-state index is 12.7. The average Bonchev–Trinajstić information content (AvgIpc) is 2.69. The standard InChI is InChI=1S/C20H29N5O3/c1-14(2)17(24-8-10-28-11-9-24)12-22-20(27)19-21-13-18(26)25(23-19)16-6-4-15(3)5-7-16/h4-7,14,17H,8-13H2,1-3H3,(H,21,23)(H,22,27). The highest BCUT2D eigenvalue weighted by Gasteiger charge is 2.28. The van der Waals surface area contributed by atoms with Crippen molar-refractivity contribution < 1.29 is 14.3 Å². The lowest BCUT2D eigenvalue weighted by Gasteiger charge is -2.37. The Kier molecular flexibility index (Phi) is 6.64. The fourth-order valence-corrected chi connectivity index (χ4v) is 3.42. The lowest BCUT2D eigenvalue weighted by atomic mass is 10.0. The van der Waals surface area contributed by atoms with Gasteiger partial charge in [-0.3, -0.25) is 24.9 Å². The Bertz CT molecular complexity index is 726. The van der Waals surface area contributed by atoms with Crippen molar-refractivity contribution in [1.29, 1.82) is 0 Å². The zero-order valence-electron chi connectivity index (χ0n) is 16.8. The number of morpholine rings is 1. The molecule has 152 valence electrons. The molecule has 2 heterocycles. The second kappa shape index (κ2) is 9.16. The normalized spacial score (nSPS) is 19.2. The van der Waals surface area contributed by atoms with Gasteiger partial charge in [-0.15, -0.1) is 0 Å². The number of benzene rings is 1. The van der Waals surface area contributed by atoms with Gasteiger partial charge < -0.3 is 10.1 Å². The predicted octanol–water partition coefficient (Wildman–Crippen LogP) is 0.718. The summed E-state index contributed by atoms with van der Waals surface area (Å²) in [7, 11) is 0. The Morgan fingerprint density at radius 1 is 1.25 bits per heavy atom. The molecule has 0 radical (unpaired) electrons.